The molecule has 0 saturated carbocycles. The van der Waals surface area contributed by atoms with Crippen molar-refractivity contribution in [3.05, 3.63) is 52.9 Å². The van der Waals surface area contributed by atoms with Gasteiger partial charge in [-0.15, -0.1) is 0 Å². The van der Waals surface area contributed by atoms with Crippen LogP contribution in [-0.2, 0) is 0 Å². The predicted octanol–water partition coefficient (Wildman–Crippen LogP) is 3.97. The molecule has 1 aromatic carbocycles. The number of nitrogens with one attached hydrogen (secondary N) is 1. The summed E-state index contributed by atoms with van der Waals surface area (Å²) in [5, 5.41) is 4.07. The molecule has 3 nitrogen and oxygen atoms in total. The zero-order chi connectivity index (χ0) is 13.7. The van der Waals surface area contributed by atoms with Gasteiger partial charge in [-0.2, -0.15) is 0 Å². The fraction of sp³-hybridized carbons (Fsp3) is 0.333. The van der Waals surface area contributed by atoms with E-state index in [0.29, 0.717) is 6.61 Å². The van der Waals surface area contributed by atoms with Crippen LogP contribution >= 0.6 is 11.6 Å². The Morgan fingerprint density at radius 1 is 1.37 bits per heavy atom. The normalized spacial score (nSPS) is 12.4. The van der Waals surface area contributed by atoms with Crippen molar-refractivity contribution in [3.63, 3.8) is 0 Å². The van der Waals surface area contributed by atoms with Crippen molar-refractivity contribution < 1.29 is 9.15 Å². The molecule has 0 radical (unpaired) electrons. The minimum absolute atomic E-state index is 0.185. The van der Waals surface area contributed by atoms with E-state index in [9.17, 15) is 0 Å². The van der Waals surface area contributed by atoms with Crippen LogP contribution in [0, 0.1) is 6.92 Å². The molecule has 0 bridgehead atoms. The summed E-state index contributed by atoms with van der Waals surface area (Å²) in [6.07, 6.45) is 1.68. The van der Waals surface area contributed by atoms with Gasteiger partial charge in [0, 0.05) is 11.6 Å². The Morgan fingerprint density at radius 2 is 2.21 bits per heavy atom. The van der Waals surface area contributed by atoms with E-state index < -0.39 is 0 Å². The number of hydrogen-bond acceptors (Lipinski definition) is 3. The molecule has 1 atom stereocenters. The van der Waals surface area contributed by atoms with Gasteiger partial charge >= 0.3 is 0 Å². The van der Waals surface area contributed by atoms with Gasteiger partial charge in [0.25, 0.3) is 0 Å². The molecule has 1 N–H and O–H groups in total. The van der Waals surface area contributed by atoms with Crippen molar-refractivity contribution in [2.45, 2.75) is 19.9 Å². The molecule has 0 saturated heterocycles. The Labute approximate surface area is 118 Å². The molecule has 0 aliphatic carbocycles. The molecule has 2 rings (SSSR count). The molecule has 0 aliphatic rings. The molecule has 0 spiro atoms. The first-order valence-electron chi connectivity index (χ1n) is 6.32. The van der Waals surface area contributed by atoms with Gasteiger partial charge in [-0.3, -0.25) is 0 Å². The van der Waals surface area contributed by atoms with Gasteiger partial charge in [0.1, 0.15) is 18.1 Å². The quantitative estimate of drug-likeness (QED) is 0.813. The average molecular weight is 280 g/mol. The maximum atomic E-state index is 5.90. The van der Waals surface area contributed by atoms with Gasteiger partial charge < -0.3 is 14.5 Å². The number of furan rings is 1. The van der Waals surface area contributed by atoms with Gasteiger partial charge in [-0.1, -0.05) is 11.6 Å². The number of hydrogen-bond donors (Lipinski definition) is 1. The SMILES string of the molecule is Cc1cc(Cl)ccc1OCCNC(C)c1ccco1. The predicted molar refractivity (Wildman–Crippen MR) is 76.8 cm³/mol. The van der Waals surface area contributed by atoms with E-state index in [1.54, 1.807) is 6.26 Å². The minimum atomic E-state index is 0.185. The molecular weight excluding hydrogens is 262 g/mol. The van der Waals surface area contributed by atoms with Crippen LogP contribution in [0.15, 0.2) is 41.0 Å². The Balaban J connectivity index is 1.75. The maximum absolute atomic E-state index is 5.90. The highest BCUT2D eigenvalue weighted by molar-refractivity contribution is 6.30. The molecule has 0 fully saturated rings. The Hall–Kier alpha value is -1.45. The van der Waals surface area contributed by atoms with Crippen LogP contribution in [0.5, 0.6) is 5.75 Å². The summed E-state index contributed by atoms with van der Waals surface area (Å²) in [6, 6.07) is 9.67. The molecule has 0 amide bonds. The summed E-state index contributed by atoms with van der Waals surface area (Å²) in [6.45, 7) is 5.41. The molecule has 19 heavy (non-hydrogen) atoms. The van der Waals surface area contributed by atoms with E-state index in [1.165, 1.54) is 0 Å². The molecule has 2 aromatic rings. The van der Waals surface area contributed by atoms with Crippen LogP contribution in [0.3, 0.4) is 0 Å². The monoisotopic (exact) mass is 279 g/mol. The lowest BCUT2D eigenvalue weighted by molar-refractivity contribution is 0.300. The van der Waals surface area contributed by atoms with E-state index in [4.69, 9.17) is 20.8 Å². The number of aryl methyl sites for hydroxylation is 1. The van der Waals surface area contributed by atoms with Crippen molar-refractivity contribution in [1.82, 2.24) is 5.32 Å². The summed E-state index contributed by atoms with van der Waals surface area (Å²) < 4.78 is 11.0. The zero-order valence-electron chi connectivity index (χ0n) is 11.2. The topological polar surface area (TPSA) is 34.4 Å². The Morgan fingerprint density at radius 3 is 2.89 bits per heavy atom. The second-order valence-electron chi connectivity index (χ2n) is 4.45. The number of halogens is 1. The summed E-state index contributed by atoms with van der Waals surface area (Å²) in [5.41, 5.74) is 1.05. The largest absolute Gasteiger partial charge is 0.492 e. The molecule has 0 aliphatic heterocycles. The molecule has 1 unspecified atom stereocenters. The van der Waals surface area contributed by atoms with Crippen LogP contribution in [0.2, 0.25) is 5.02 Å². The maximum Gasteiger partial charge on any atom is 0.122 e. The summed E-state index contributed by atoms with van der Waals surface area (Å²) in [5.74, 6) is 1.81. The van der Waals surface area contributed by atoms with Crippen LogP contribution in [0.25, 0.3) is 0 Å². The number of benzene rings is 1. The Bertz CT molecular complexity index is 511. The lowest BCUT2D eigenvalue weighted by Gasteiger charge is -2.13. The standard InChI is InChI=1S/C15H18ClNO2/c1-11-10-13(16)5-6-14(11)19-9-7-17-12(2)15-4-3-8-18-15/h3-6,8,10,12,17H,7,9H2,1-2H3. The zero-order valence-corrected chi connectivity index (χ0v) is 11.9. The van der Waals surface area contributed by atoms with Crippen LogP contribution in [-0.4, -0.2) is 13.2 Å². The molecule has 4 heteroatoms. The molecular formula is C15H18ClNO2. The fourth-order valence-corrected chi connectivity index (χ4v) is 2.08. The molecule has 1 aromatic heterocycles. The van der Waals surface area contributed by atoms with Crippen molar-refractivity contribution in [3.8, 4) is 5.75 Å². The van der Waals surface area contributed by atoms with Crippen LogP contribution < -0.4 is 10.1 Å². The lowest BCUT2D eigenvalue weighted by Crippen LogP contribution is -2.24. The van der Waals surface area contributed by atoms with Gasteiger partial charge in [0.05, 0.1) is 12.3 Å². The second-order valence-corrected chi connectivity index (χ2v) is 4.89. The van der Waals surface area contributed by atoms with Gasteiger partial charge in [0.2, 0.25) is 0 Å². The third-order valence-electron chi connectivity index (χ3n) is 2.92. The van der Waals surface area contributed by atoms with E-state index in [2.05, 4.69) is 12.2 Å². The van der Waals surface area contributed by atoms with Crippen molar-refractivity contribution in [1.29, 1.82) is 0 Å². The van der Waals surface area contributed by atoms with Crippen LogP contribution in [0.1, 0.15) is 24.3 Å². The summed E-state index contributed by atoms with van der Waals surface area (Å²) in [7, 11) is 0. The summed E-state index contributed by atoms with van der Waals surface area (Å²) in [4.78, 5) is 0. The first-order chi connectivity index (χ1) is 9.16. The van der Waals surface area contributed by atoms with E-state index in [-0.39, 0.29) is 6.04 Å². The van der Waals surface area contributed by atoms with E-state index in [0.717, 1.165) is 28.6 Å². The van der Waals surface area contributed by atoms with Crippen molar-refractivity contribution in [2.75, 3.05) is 13.2 Å². The highest BCUT2D eigenvalue weighted by atomic mass is 35.5. The third-order valence-corrected chi connectivity index (χ3v) is 3.15. The first-order valence-corrected chi connectivity index (χ1v) is 6.70. The van der Waals surface area contributed by atoms with Crippen molar-refractivity contribution in [2.24, 2.45) is 0 Å². The third kappa shape index (κ3) is 4.01. The number of rotatable bonds is 6. The lowest BCUT2D eigenvalue weighted by atomic mass is 10.2. The smallest absolute Gasteiger partial charge is 0.122 e. The highest BCUT2D eigenvalue weighted by Gasteiger charge is 2.06. The van der Waals surface area contributed by atoms with Gasteiger partial charge in [0.15, 0.2) is 0 Å². The highest BCUT2D eigenvalue weighted by Crippen LogP contribution is 2.21. The molecule has 1 heterocycles. The molecule has 102 valence electrons. The summed E-state index contributed by atoms with van der Waals surface area (Å²) >= 11 is 5.90. The average Bonchev–Trinajstić information content (AvgIpc) is 2.90. The minimum Gasteiger partial charge on any atom is -0.492 e. The van der Waals surface area contributed by atoms with Gasteiger partial charge in [-0.05, 0) is 49.7 Å². The van der Waals surface area contributed by atoms with Crippen molar-refractivity contribution >= 4 is 11.6 Å². The Kier molecular flexibility index (Phi) is 4.88. The fourth-order valence-electron chi connectivity index (χ4n) is 1.85. The van der Waals surface area contributed by atoms with Gasteiger partial charge in [-0.25, -0.2) is 0 Å². The second kappa shape index (κ2) is 6.64. The van der Waals surface area contributed by atoms with E-state index >= 15 is 0 Å². The number of ether oxygens (including phenoxy) is 1. The van der Waals surface area contributed by atoms with Crippen LogP contribution in [0.4, 0.5) is 0 Å². The first kappa shape index (κ1) is 14.0. The van der Waals surface area contributed by atoms with E-state index in [1.807, 2.05) is 37.3 Å².